The summed E-state index contributed by atoms with van der Waals surface area (Å²) in [6, 6.07) is 3.94. The lowest BCUT2D eigenvalue weighted by Crippen LogP contribution is -2.01. The molecule has 0 unspecified atom stereocenters. The Morgan fingerprint density at radius 3 is 2.67 bits per heavy atom. The van der Waals surface area contributed by atoms with Crippen molar-refractivity contribution in [3.63, 3.8) is 0 Å². The highest BCUT2D eigenvalue weighted by Gasteiger charge is 2.08. The van der Waals surface area contributed by atoms with E-state index in [9.17, 15) is 4.39 Å². The Kier molecular flexibility index (Phi) is 3.78. The van der Waals surface area contributed by atoms with Gasteiger partial charge in [-0.3, -0.25) is 0 Å². The van der Waals surface area contributed by atoms with Crippen LogP contribution in [-0.2, 0) is 0 Å². The van der Waals surface area contributed by atoms with Gasteiger partial charge < -0.3 is 10.1 Å². The molecule has 0 aliphatic heterocycles. The van der Waals surface area contributed by atoms with Crippen LogP contribution in [0.2, 0.25) is 10.3 Å². The van der Waals surface area contributed by atoms with Crippen molar-refractivity contribution in [1.82, 2.24) is 15.0 Å². The Morgan fingerprint density at radius 2 is 2.00 bits per heavy atom. The van der Waals surface area contributed by atoms with Gasteiger partial charge in [-0.05, 0) is 23.7 Å². The molecule has 8 heteroatoms. The third-order valence-corrected chi connectivity index (χ3v) is 2.39. The van der Waals surface area contributed by atoms with Crippen molar-refractivity contribution >= 4 is 29.2 Å². The van der Waals surface area contributed by atoms with Crippen LogP contribution in [0.3, 0.4) is 0 Å². The number of benzene rings is 1. The molecule has 0 aliphatic rings. The van der Waals surface area contributed by atoms with Crippen molar-refractivity contribution in [1.29, 1.82) is 0 Å². The standard InChI is InChI=1S/C10H7Cl2FN4O/c1-14-9-15-8(12)16-10(17-9)18-5-2-3-6(11)7(13)4-5/h2-4H,1H3,(H,14,15,16,17). The van der Waals surface area contributed by atoms with Gasteiger partial charge in [0.15, 0.2) is 0 Å². The lowest BCUT2D eigenvalue weighted by Gasteiger charge is -2.05. The van der Waals surface area contributed by atoms with Crippen molar-refractivity contribution in [2.24, 2.45) is 0 Å². The summed E-state index contributed by atoms with van der Waals surface area (Å²) in [6.07, 6.45) is 0. The summed E-state index contributed by atoms with van der Waals surface area (Å²) in [5.41, 5.74) is 0. The number of ether oxygens (including phenoxy) is 1. The van der Waals surface area contributed by atoms with Gasteiger partial charge >= 0.3 is 6.01 Å². The Morgan fingerprint density at radius 1 is 1.22 bits per heavy atom. The summed E-state index contributed by atoms with van der Waals surface area (Å²) >= 11 is 11.2. The highest BCUT2D eigenvalue weighted by atomic mass is 35.5. The van der Waals surface area contributed by atoms with Crippen molar-refractivity contribution in [3.05, 3.63) is 34.3 Å². The van der Waals surface area contributed by atoms with Crippen molar-refractivity contribution < 1.29 is 9.13 Å². The van der Waals surface area contributed by atoms with Crippen LogP contribution in [0.5, 0.6) is 11.8 Å². The van der Waals surface area contributed by atoms with Crippen molar-refractivity contribution in [2.75, 3.05) is 12.4 Å². The fraction of sp³-hybridized carbons (Fsp3) is 0.100. The predicted molar refractivity (Wildman–Crippen MR) is 65.9 cm³/mol. The van der Waals surface area contributed by atoms with Gasteiger partial charge in [-0.15, -0.1) is 0 Å². The Balaban J connectivity index is 2.27. The molecule has 2 aromatic rings. The number of anilines is 1. The van der Waals surface area contributed by atoms with E-state index in [0.29, 0.717) is 0 Å². The predicted octanol–water partition coefficient (Wildman–Crippen LogP) is 3.15. The van der Waals surface area contributed by atoms with Gasteiger partial charge in [-0.1, -0.05) is 11.6 Å². The van der Waals surface area contributed by atoms with E-state index in [2.05, 4.69) is 20.3 Å². The maximum Gasteiger partial charge on any atom is 0.328 e. The van der Waals surface area contributed by atoms with Crippen LogP contribution in [0.1, 0.15) is 0 Å². The summed E-state index contributed by atoms with van der Waals surface area (Å²) in [6.45, 7) is 0. The minimum absolute atomic E-state index is 0.00643. The third kappa shape index (κ3) is 2.96. The molecule has 0 amide bonds. The Bertz CT molecular complexity index is 582. The molecular formula is C10H7Cl2FN4O. The van der Waals surface area contributed by atoms with E-state index >= 15 is 0 Å². The number of nitrogens with one attached hydrogen (secondary N) is 1. The molecule has 1 N–H and O–H groups in total. The van der Waals surface area contributed by atoms with Gasteiger partial charge in [0.05, 0.1) is 5.02 Å². The van der Waals surface area contributed by atoms with Gasteiger partial charge in [-0.2, -0.15) is 15.0 Å². The molecule has 1 heterocycles. The molecule has 0 aliphatic carbocycles. The fourth-order valence-corrected chi connectivity index (χ4v) is 1.41. The van der Waals surface area contributed by atoms with Gasteiger partial charge in [0.25, 0.3) is 0 Å². The summed E-state index contributed by atoms with van der Waals surface area (Å²) in [5.74, 6) is -0.135. The molecule has 2 rings (SSSR count). The Labute approximate surface area is 112 Å². The zero-order valence-electron chi connectivity index (χ0n) is 9.12. The van der Waals surface area contributed by atoms with Crippen molar-refractivity contribution in [3.8, 4) is 11.8 Å². The molecule has 0 bridgehead atoms. The van der Waals surface area contributed by atoms with Crippen LogP contribution in [0, 0.1) is 5.82 Å². The van der Waals surface area contributed by atoms with Gasteiger partial charge in [0.1, 0.15) is 11.6 Å². The molecule has 0 spiro atoms. The van der Waals surface area contributed by atoms with E-state index in [-0.39, 0.29) is 28.0 Å². The van der Waals surface area contributed by atoms with Gasteiger partial charge in [0.2, 0.25) is 11.2 Å². The van der Waals surface area contributed by atoms with Crippen LogP contribution in [0.25, 0.3) is 0 Å². The lowest BCUT2D eigenvalue weighted by atomic mass is 10.3. The van der Waals surface area contributed by atoms with E-state index in [1.54, 1.807) is 7.05 Å². The molecule has 0 atom stereocenters. The van der Waals surface area contributed by atoms with Crippen LogP contribution in [0.4, 0.5) is 10.3 Å². The molecule has 5 nitrogen and oxygen atoms in total. The zero-order chi connectivity index (χ0) is 13.1. The highest BCUT2D eigenvalue weighted by molar-refractivity contribution is 6.30. The molecule has 18 heavy (non-hydrogen) atoms. The van der Waals surface area contributed by atoms with Crippen LogP contribution in [-0.4, -0.2) is 22.0 Å². The molecule has 0 saturated carbocycles. The largest absolute Gasteiger partial charge is 0.424 e. The minimum Gasteiger partial charge on any atom is -0.424 e. The van der Waals surface area contributed by atoms with Gasteiger partial charge in [0, 0.05) is 13.1 Å². The third-order valence-electron chi connectivity index (χ3n) is 1.91. The van der Waals surface area contributed by atoms with E-state index in [1.165, 1.54) is 12.1 Å². The first-order valence-electron chi connectivity index (χ1n) is 4.80. The number of hydrogen-bond acceptors (Lipinski definition) is 5. The minimum atomic E-state index is -0.594. The number of aromatic nitrogens is 3. The first-order valence-corrected chi connectivity index (χ1v) is 5.56. The topological polar surface area (TPSA) is 59.9 Å². The summed E-state index contributed by atoms with van der Waals surface area (Å²) in [5, 5.41) is 2.67. The molecule has 1 aromatic heterocycles. The number of rotatable bonds is 3. The highest BCUT2D eigenvalue weighted by Crippen LogP contribution is 2.24. The Hall–Kier alpha value is -1.66. The zero-order valence-corrected chi connectivity index (χ0v) is 10.6. The molecular weight excluding hydrogens is 282 g/mol. The molecule has 0 radical (unpaired) electrons. The second-order valence-electron chi connectivity index (χ2n) is 3.14. The number of hydrogen-bond donors (Lipinski definition) is 1. The molecule has 1 aromatic carbocycles. The lowest BCUT2D eigenvalue weighted by molar-refractivity contribution is 0.436. The number of nitrogens with zero attached hydrogens (tertiary/aromatic N) is 3. The first kappa shape index (κ1) is 12.8. The molecule has 94 valence electrons. The molecule has 0 fully saturated rings. The smallest absolute Gasteiger partial charge is 0.328 e. The fourth-order valence-electron chi connectivity index (χ4n) is 1.14. The number of halogens is 3. The summed E-state index contributed by atoms with van der Waals surface area (Å²) < 4.78 is 18.5. The SMILES string of the molecule is CNc1nc(Cl)nc(Oc2ccc(Cl)c(F)c2)n1. The van der Waals surface area contributed by atoms with E-state index < -0.39 is 5.82 Å². The molecule has 0 saturated heterocycles. The van der Waals surface area contributed by atoms with E-state index in [1.807, 2.05) is 0 Å². The van der Waals surface area contributed by atoms with E-state index in [4.69, 9.17) is 27.9 Å². The normalized spacial score (nSPS) is 10.2. The second kappa shape index (κ2) is 5.32. The van der Waals surface area contributed by atoms with Crippen LogP contribution in [0.15, 0.2) is 18.2 Å². The quantitative estimate of drug-likeness (QED) is 0.940. The summed E-state index contributed by atoms with van der Waals surface area (Å²) in [7, 11) is 1.62. The summed E-state index contributed by atoms with van der Waals surface area (Å²) in [4.78, 5) is 11.4. The average molecular weight is 289 g/mol. The maximum absolute atomic E-state index is 13.2. The van der Waals surface area contributed by atoms with Gasteiger partial charge in [-0.25, -0.2) is 4.39 Å². The van der Waals surface area contributed by atoms with Crippen LogP contribution >= 0.6 is 23.2 Å². The maximum atomic E-state index is 13.2. The van der Waals surface area contributed by atoms with E-state index in [0.717, 1.165) is 6.07 Å². The second-order valence-corrected chi connectivity index (χ2v) is 3.88. The first-order chi connectivity index (χ1) is 8.58. The monoisotopic (exact) mass is 288 g/mol. The van der Waals surface area contributed by atoms with Crippen molar-refractivity contribution in [2.45, 2.75) is 0 Å². The van der Waals surface area contributed by atoms with Crippen LogP contribution < -0.4 is 10.1 Å². The average Bonchev–Trinajstić information content (AvgIpc) is 2.33.